The minimum atomic E-state index is -0.311. The fraction of sp³-hybridized carbons (Fsp3) is 0.316. The van der Waals surface area contributed by atoms with Crippen molar-refractivity contribution in [2.45, 2.75) is 32.1 Å². The van der Waals surface area contributed by atoms with Gasteiger partial charge in [-0.2, -0.15) is 0 Å². The predicted octanol–water partition coefficient (Wildman–Crippen LogP) is 4.07. The van der Waals surface area contributed by atoms with Crippen LogP contribution >= 0.6 is 0 Å². The first-order valence-corrected chi connectivity index (χ1v) is 7.79. The molecule has 2 aliphatic rings. The number of carbonyl (C=O) groups excluding carboxylic acids is 1. The van der Waals surface area contributed by atoms with Crippen molar-refractivity contribution in [3.05, 3.63) is 52.6 Å². The van der Waals surface area contributed by atoms with Crippen LogP contribution in [0.25, 0.3) is 16.8 Å². The van der Waals surface area contributed by atoms with Gasteiger partial charge in [0.2, 0.25) is 5.91 Å². The molecule has 0 spiro atoms. The van der Waals surface area contributed by atoms with Gasteiger partial charge in [-0.25, -0.2) is 0 Å². The molecule has 0 saturated heterocycles. The predicted molar refractivity (Wildman–Crippen MR) is 86.1 cm³/mol. The summed E-state index contributed by atoms with van der Waals surface area (Å²) in [5.41, 5.74) is 10.3. The van der Waals surface area contributed by atoms with Gasteiger partial charge in [-0.3, -0.25) is 4.79 Å². The molecule has 0 aromatic heterocycles. The minimum absolute atomic E-state index is 0.311. The van der Waals surface area contributed by atoms with E-state index in [0.717, 1.165) is 22.8 Å². The average Bonchev–Trinajstić information content (AvgIpc) is 2.50. The number of allylic oxidation sites excluding steroid dienone is 1. The zero-order valence-electron chi connectivity index (χ0n) is 12.1. The van der Waals surface area contributed by atoms with Crippen LogP contribution in [-0.2, 0) is 6.42 Å². The van der Waals surface area contributed by atoms with Gasteiger partial charge in [-0.15, -0.1) is 0 Å². The molecule has 0 bridgehead atoms. The van der Waals surface area contributed by atoms with Crippen LogP contribution < -0.4 is 5.73 Å². The molecule has 2 aromatic carbocycles. The fourth-order valence-corrected chi connectivity index (χ4v) is 4.00. The summed E-state index contributed by atoms with van der Waals surface area (Å²) in [6, 6.07) is 10.3. The first kappa shape index (κ1) is 12.6. The lowest BCUT2D eigenvalue weighted by molar-refractivity contribution is 0.100. The second-order valence-electron chi connectivity index (χ2n) is 6.28. The van der Waals surface area contributed by atoms with Gasteiger partial charge in [0.1, 0.15) is 0 Å². The van der Waals surface area contributed by atoms with Gasteiger partial charge >= 0.3 is 0 Å². The monoisotopic (exact) mass is 277 g/mol. The van der Waals surface area contributed by atoms with Crippen molar-refractivity contribution < 1.29 is 4.79 Å². The van der Waals surface area contributed by atoms with E-state index in [9.17, 15) is 4.79 Å². The van der Waals surface area contributed by atoms with Crippen molar-refractivity contribution in [3.8, 4) is 0 Å². The van der Waals surface area contributed by atoms with Crippen molar-refractivity contribution >= 4 is 22.8 Å². The molecule has 1 unspecified atom stereocenters. The number of amides is 1. The second kappa shape index (κ2) is 4.73. The van der Waals surface area contributed by atoms with Crippen LogP contribution in [0.4, 0.5) is 0 Å². The third-order valence-corrected chi connectivity index (χ3v) is 5.01. The molecule has 0 heterocycles. The molecule has 1 fully saturated rings. The van der Waals surface area contributed by atoms with E-state index in [1.807, 2.05) is 18.2 Å². The molecule has 21 heavy (non-hydrogen) atoms. The highest BCUT2D eigenvalue weighted by atomic mass is 16.1. The van der Waals surface area contributed by atoms with Crippen molar-refractivity contribution in [1.82, 2.24) is 0 Å². The maximum absolute atomic E-state index is 12.0. The number of carbonyl (C=O) groups is 1. The van der Waals surface area contributed by atoms with E-state index in [-0.39, 0.29) is 5.91 Å². The normalized spacial score (nSPS) is 20.6. The molecule has 1 atom stereocenters. The summed E-state index contributed by atoms with van der Waals surface area (Å²) in [5.74, 6) is 0.363. The van der Waals surface area contributed by atoms with Crippen LogP contribution in [0.1, 0.15) is 47.2 Å². The Bertz CT molecular complexity index is 772. The number of hydrogen-bond acceptors (Lipinski definition) is 1. The van der Waals surface area contributed by atoms with Crippen molar-refractivity contribution in [1.29, 1.82) is 0 Å². The first-order valence-electron chi connectivity index (χ1n) is 7.79. The molecule has 4 rings (SSSR count). The molecule has 106 valence electrons. The van der Waals surface area contributed by atoms with E-state index in [0.29, 0.717) is 11.5 Å². The van der Waals surface area contributed by atoms with Gasteiger partial charge in [0.25, 0.3) is 0 Å². The molecule has 2 aliphatic carbocycles. The van der Waals surface area contributed by atoms with E-state index in [1.165, 1.54) is 36.8 Å². The Kier molecular flexibility index (Phi) is 2.85. The highest BCUT2D eigenvalue weighted by Gasteiger charge is 2.27. The van der Waals surface area contributed by atoms with Crippen molar-refractivity contribution in [2.75, 3.05) is 0 Å². The standard InChI is InChI=1S/C19H19NO/c20-19(21)18-16-8-4-3-7-14(16)10-15-9-12-5-1-2-6-13(12)11-17(15)18/h3-4,7-8,10-12H,1-2,5-6,9H2,(H2,20,21). The highest BCUT2D eigenvalue weighted by molar-refractivity contribution is 6.10. The lowest BCUT2D eigenvalue weighted by Gasteiger charge is -2.31. The molecule has 2 nitrogen and oxygen atoms in total. The number of fused-ring (bicyclic) bond motifs is 3. The molecule has 1 saturated carbocycles. The van der Waals surface area contributed by atoms with Crippen LogP contribution in [0.15, 0.2) is 35.9 Å². The largest absolute Gasteiger partial charge is 0.366 e. The van der Waals surface area contributed by atoms with Crippen LogP contribution in [0.5, 0.6) is 0 Å². The Morgan fingerprint density at radius 3 is 2.90 bits per heavy atom. The van der Waals surface area contributed by atoms with Gasteiger partial charge in [-0.1, -0.05) is 48.4 Å². The number of primary amides is 1. The second-order valence-corrected chi connectivity index (χ2v) is 6.28. The summed E-state index contributed by atoms with van der Waals surface area (Å²) >= 11 is 0. The Morgan fingerprint density at radius 1 is 1.19 bits per heavy atom. The van der Waals surface area contributed by atoms with Crippen molar-refractivity contribution in [3.63, 3.8) is 0 Å². The molecule has 2 aromatic rings. The van der Waals surface area contributed by atoms with Gasteiger partial charge < -0.3 is 5.73 Å². The quantitative estimate of drug-likeness (QED) is 0.839. The van der Waals surface area contributed by atoms with Gasteiger partial charge in [0.05, 0.1) is 5.56 Å². The van der Waals surface area contributed by atoms with Gasteiger partial charge in [0, 0.05) is 0 Å². The van der Waals surface area contributed by atoms with Crippen LogP contribution in [-0.4, -0.2) is 5.91 Å². The summed E-state index contributed by atoms with van der Waals surface area (Å²) in [6.07, 6.45) is 8.38. The smallest absolute Gasteiger partial charge is 0.249 e. The SMILES string of the molecule is NC(=O)c1c2c(cc3ccccc13)CC1CCCCC1=C2. The number of nitrogens with two attached hydrogens (primary N) is 1. The van der Waals surface area contributed by atoms with Gasteiger partial charge in [0.15, 0.2) is 0 Å². The Hall–Kier alpha value is -2.09. The first-order chi connectivity index (χ1) is 10.2. The van der Waals surface area contributed by atoms with E-state index in [1.54, 1.807) is 0 Å². The summed E-state index contributed by atoms with van der Waals surface area (Å²) < 4.78 is 0. The van der Waals surface area contributed by atoms with Crippen LogP contribution in [0, 0.1) is 5.92 Å². The number of benzene rings is 2. The van der Waals surface area contributed by atoms with E-state index in [4.69, 9.17) is 5.73 Å². The average molecular weight is 277 g/mol. The van der Waals surface area contributed by atoms with Crippen LogP contribution in [0.3, 0.4) is 0 Å². The summed E-state index contributed by atoms with van der Waals surface area (Å²) in [7, 11) is 0. The van der Waals surface area contributed by atoms with E-state index < -0.39 is 0 Å². The lowest BCUT2D eigenvalue weighted by atomic mass is 9.74. The van der Waals surface area contributed by atoms with E-state index in [2.05, 4.69) is 18.2 Å². The molecule has 1 amide bonds. The van der Waals surface area contributed by atoms with Crippen LogP contribution in [0.2, 0.25) is 0 Å². The maximum atomic E-state index is 12.0. The highest BCUT2D eigenvalue weighted by Crippen LogP contribution is 2.40. The molecular weight excluding hydrogens is 258 g/mol. The molecule has 0 radical (unpaired) electrons. The van der Waals surface area contributed by atoms with Gasteiger partial charge in [-0.05, 0) is 53.5 Å². The minimum Gasteiger partial charge on any atom is -0.366 e. The zero-order valence-corrected chi connectivity index (χ0v) is 12.1. The topological polar surface area (TPSA) is 43.1 Å². The molecule has 0 aliphatic heterocycles. The Balaban J connectivity index is 2.01. The summed E-state index contributed by atoms with van der Waals surface area (Å²) in [6.45, 7) is 0. The van der Waals surface area contributed by atoms with E-state index >= 15 is 0 Å². The molecule has 2 heteroatoms. The maximum Gasteiger partial charge on any atom is 0.249 e. The third kappa shape index (κ3) is 1.98. The Labute approximate surface area is 124 Å². The third-order valence-electron chi connectivity index (χ3n) is 5.01. The summed E-state index contributed by atoms with van der Waals surface area (Å²) in [4.78, 5) is 12.0. The number of rotatable bonds is 1. The zero-order chi connectivity index (χ0) is 14.4. The molecule has 2 N–H and O–H groups in total. The lowest BCUT2D eigenvalue weighted by Crippen LogP contribution is -2.21. The molecular formula is C19H19NO. The summed E-state index contributed by atoms with van der Waals surface area (Å²) in [5, 5.41) is 2.10. The van der Waals surface area contributed by atoms with Crippen molar-refractivity contribution in [2.24, 2.45) is 11.7 Å². The number of hydrogen-bond donors (Lipinski definition) is 1. The Morgan fingerprint density at radius 2 is 2.05 bits per heavy atom. The fourth-order valence-electron chi connectivity index (χ4n) is 4.00.